The maximum Gasteiger partial charge on any atom is 0.205 e. The molecule has 6 heteroatoms. The van der Waals surface area contributed by atoms with Gasteiger partial charge in [-0.15, -0.1) is 10.2 Å². The molecule has 0 amide bonds. The van der Waals surface area contributed by atoms with E-state index in [0.717, 1.165) is 41.8 Å². The summed E-state index contributed by atoms with van der Waals surface area (Å²) in [6, 6.07) is 6.93. The molecule has 0 atom stereocenters. The topological polar surface area (TPSA) is 47.0 Å². The monoisotopic (exact) mass is 293 g/mol. The Bertz CT molecular complexity index is 552. The van der Waals surface area contributed by atoms with Crippen LogP contribution in [0, 0.1) is 5.82 Å². The zero-order valence-electron chi connectivity index (χ0n) is 11.0. The van der Waals surface area contributed by atoms with Crippen LogP contribution >= 0.6 is 11.3 Å². The highest BCUT2D eigenvalue weighted by atomic mass is 32.1. The smallest absolute Gasteiger partial charge is 0.205 e. The van der Waals surface area contributed by atoms with Crippen LogP contribution in [0.5, 0.6) is 0 Å². The lowest BCUT2D eigenvalue weighted by atomic mass is 10.1. The summed E-state index contributed by atoms with van der Waals surface area (Å²) in [5.41, 5.74) is 1.04. The molecular weight excluding hydrogens is 277 g/mol. The van der Waals surface area contributed by atoms with Gasteiger partial charge in [0.25, 0.3) is 0 Å². The molecule has 3 rings (SSSR count). The first-order chi connectivity index (χ1) is 9.79. The number of rotatable bonds is 4. The third kappa shape index (κ3) is 3.52. The van der Waals surface area contributed by atoms with Crippen molar-refractivity contribution in [3.8, 4) is 0 Å². The number of anilines is 1. The van der Waals surface area contributed by atoms with Crippen LogP contribution in [0.4, 0.5) is 9.52 Å². The normalized spacial score (nSPS) is 16.2. The first kappa shape index (κ1) is 13.5. The van der Waals surface area contributed by atoms with Gasteiger partial charge in [0.1, 0.15) is 10.8 Å². The lowest BCUT2D eigenvalue weighted by Gasteiger charge is -2.22. The average molecular weight is 293 g/mol. The lowest BCUT2D eigenvalue weighted by Crippen LogP contribution is -2.27. The van der Waals surface area contributed by atoms with Crippen LogP contribution in [0.2, 0.25) is 0 Å². The van der Waals surface area contributed by atoms with Crippen molar-refractivity contribution < 1.29 is 9.13 Å². The molecule has 1 aromatic carbocycles. The molecule has 4 nitrogen and oxygen atoms in total. The Hall–Kier alpha value is -1.53. The number of halogens is 1. The Labute approximate surface area is 121 Å². The van der Waals surface area contributed by atoms with Crippen molar-refractivity contribution >= 4 is 16.5 Å². The summed E-state index contributed by atoms with van der Waals surface area (Å²) >= 11 is 1.56. The summed E-state index contributed by atoms with van der Waals surface area (Å²) in [6.07, 6.45) is 2.70. The van der Waals surface area contributed by atoms with Gasteiger partial charge in [-0.05, 0) is 30.5 Å². The van der Waals surface area contributed by atoms with Crippen LogP contribution in [0.1, 0.15) is 23.4 Å². The molecule has 0 bridgehead atoms. The van der Waals surface area contributed by atoms with Crippen LogP contribution in [0.3, 0.4) is 0 Å². The van der Waals surface area contributed by atoms with Gasteiger partial charge in [-0.2, -0.15) is 0 Å². The Morgan fingerprint density at radius 2 is 1.95 bits per heavy atom. The maximum absolute atomic E-state index is 12.8. The van der Waals surface area contributed by atoms with Crippen LogP contribution in [0.25, 0.3) is 0 Å². The second-order valence-corrected chi connectivity index (χ2v) is 5.90. The lowest BCUT2D eigenvalue weighted by molar-refractivity contribution is 0.0904. The van der Waals surface area contributed by atoms with Gasteiger partial charge in [0.2, 0.25) is 5.13 Å². The fraction of sp³-hybridized carbons (Fsp3) is 0.429. The van der Waals surface area contributed by atoms with E-state index >= 15 is 0 Å². The highest BCUT2D eigenvalue weighted by molar-refractivity contribution is 7.15. The van der Waals surface area contributed by atoms with Gasteiger partial charge >= 0.3 is 0 Å². The number of ether oxygens (including phenoxy) is 1. The first-order valence-corrected chi connectivity index (χ1v) is 7.52. The molecular formula is C14H16FN3OS. The van der Waals surface area contributed by atoms with Gasteiger partial charge in [0.05, 0.1) is 0 Å². The fourth-order valence-electron chi connectivity index (χ4n) is 2.18. The van der Waals surface area contributed by atoms with E-state index in [0.29, 0.717) is 12.5 Å². The molecule has 20 heavy (non-hydrogen) atoms. The van der Waals surface area contributed by atoms with Gasteiger partial charge in [-0.25, -0.2) is 4.39 Å². The molecule has 2 aromatic rings. The third-order valence-corrected chi connectivity index (χ3v) is 4.14. The standard InChI is InChI=1S/C14H16FN3OS/c15-11-3-1-10(2-4-11)9-13-17-18-14(20-13)16-12-5-7-19-8-6-12/h1-4,12H,5-9H2,(H,16,18). The Kier molecular flexibility index (Phi) is 4.22. The van der Waals surface area contributed by atoms with E-state index < -0.39 is 0 Å². The summed E-state index contributed by atoms with van der Waals surface area (Å²) in [5.74, 6) is -0.215. The van der Waals surface area contributed by atoms with E-state index in [4.69, 9.17) is 4.74 Å². The Morgan fingerprint density at radius 1 is 1.20 bits per heavy atom. The summed E-state index contributed by atoms with van der Waals surface area (Å²) in [4.78, 5) is 0. The minimum Gasteiger partial charge on any atom is -0.381 e. The number of nitrogens with zero attached hydrogens (tertiary/aromatic N) is 2. The zero-order chi connectivity index (χ0) is 13.8. The van der Waals surface area contributed by atoms with Crippen LogP contribution < -0.4 is 5.32 Å². The number of hydrogen-bond acceptors (Lipinski definition) is 5. The van der Waals surface area contributed by atoms with Crippen LogP contribution in [0.15, 0.2) is 24.3 Å². The van der Waals surface area contributed by atoms with Crippen molar-refractivity contribution in [3.05, 3.63) is 40.7 Å². The zero-order valence-corrected chi connectivity index (χ0v) is 11.8. The predicted molar refractivity (Wildman–Crippen MR) is 76.6 cm³/mol. The largest absolute Gasteiger partial charge is 0.381 e. The highest BCUT2D eigenvalue weighted by Crippen LogP contribution is 2.21. The molecule has 0 aliphatic carbocycles. The fourth-order valence-corrected chi connectivity index (χ4v) is 3.03. The van der Waals surface area contributed by atoms with Gasteiger partial charge in [0.15, 0.2) is 0 Å². The first-order valence-electron chi connectivity index (χ1n) is 6.71. The van der Waals surface area contributed by atoms with Gasteiger partial charge in [-0.1, -0.05) is 23.5 Å². The highest BCUT2D eigenvalue weighted by Gasteiger charge is 2.15. The molecule has 0 radical (unpaired) electrons. The number of benzene rings is 1. The summed E-state index contributed by atoms with van der Waals surface area (Å²) < 4.78 is 18.2. The predicted octanol–water partition coefficient (Wildman–Crippen LogP) is 2.86. The van der Waals surface area contributed by atoms with Crippen molar-refractivity contribution in [1.82, 2.24) is 10.2 Å². The summed E-state index contributed by atoms with van der Waals surface area (Å²) in [6.45, 7) is 1.61. The molecule has 1 aliphatic heterocycles. The number of nitrogens with one attached hydrogen (secondary N) is 1. The molecule has 0 spiro atoms. The summed E-state index contributed by atoms with van der Waals surface area (Å²) in [5, 5.41) is 13.5. The van der Waals surface area contributed by atoms with Gasteiger partial charge in [-0.3, -0.25) is 0 Å². The van der Waals surface area contributed by atoms with Crippen molar-refractivity contribution in [3.63, 3.8) is 0 Å². The van der Waals surface area contributed by atoms with Crippen molar-refractivity contribution in [1.29, 1.82) is 0 Å². The minimum atomic E-state index is -0.215. The van der Waals surface area contributed by atoms with Crippen LogP contribution in [-0.2, 0) is 11.2 Å². The Balaban J connectivity index is 1.60. The van der Waals surface area contributed by atoms with Crippen molar-refractivity contribution in [2.75, 3.05) is 18.5 Å². The summed E-state index contributed by atoms with van der Waals surface area (Å²) in [7, 11) is 0. The molecule has 1 fully saturated rings. The SMILES string of the molecule is Fc1ccc(Cc2nnc(NC3CCOCC3)s2)cc1. The van der Waals surface area contributed by atoms with Gasteiger partial charge in [0, 0.05) is 25.7 Å². The average Bonchev–Trinajstić information content (AvgIpc) is 2.90. The second-order valence-electron chi connectivity index (χ2n) is 4.84. The molecule has 1 aromatic heterocycles. The molecule has 1 saturated heterocycles. The Morgan fingerprint density at radius 3 is 2.70 bits per heavy atom. The number of aromatic nitrogens is 2. The van der Waals surface area contributed by atoms with Crippen molar-refractivity contribution in [2.45, 2.75) is 25.3 Å². The molecule has 1 N–H and O–H groups in total. The molecule has 0 unspecified atom stereocenters. The second kappa shape index (κ2) is 6.28. The van der Waals surface area contributed by atoms with E-state index in [1.54, 1.807) is 23.5 Å². The molecule has 2 heterocycles. The quantitative estimate of drug-likeness (QED) is 0.941. The van der Waals surface area contributed by atoms with E-state index in [1.165, 1.54) is 12.1 Å². The number of hydrogen-bond donors (Lipinski definition) is 1. The van der Waals surface area contributed by atoms with Gasteiger partial charge < -0.3 is 10.1 Å². The third-order valence-electron chi connectivity index (χ3n) is 3.28. The van der Waals surface area contributed by atoms with E-state index in [9.17, 15) is 4.39 Å². The molecule has 0 saturated carbocycles. The molecule has 1 aliphatic rings. The van der Waals surface area contributed by atoms with E-state index in [-0.39, 0.29) is 5.82 Å². The maximum atomic E-state index is 12.8. The van der Waals surface area contributed by atoms with Crippen molar-refractivity contribution in [2.24, 2.45) is 0 Å². The molecule has 106 valence electrons. The van der Waals surface area contributed by atoms with E-state index in [1.807, 2.05) is 0 Å². The van der Waals surface area contributed by atoms with Crippen LogP contribution in [-0.4, -0.2) is 29.5 Å². The van der Waals surface area contributed by atoms with E-state index in [2.05, 4.69) is 15.5 Å². The minimum absolute atomic E-state index is 0.215.